The van der Waals surface area contributed by atoms with Crippen LogP contribution in [0.2, 0.25) is 0 Å². The Morgan fingerprint density at radius 2 is 2.00 bits per heavy atom. The molecule has 2 heterocycles. The minimum absolute atomic E-state index is 0.0966. The van der Waals surface area contributed by atoms with Crippen LogP contribution in [-0.2, 0) is 17.8 Å². The van der Waals surface area contributed by atoms with Gasteiger partial charge in [-0.1, -0.05) is 12.1 Å². The number of fused-ring (bicyclic) bond motifs is 1. The van der Waals surface area contributed by atoms with Gasteiger partial charge < -0.3 is 0 Å². The van der Waals surface area contributed by atoms with E-state index < -0.39 is 17.6 Å². The lowest BCUT2D eigenvalue weighted by molar-refractivity contribution is -0.129. The van der Waals surface area contributed by atoms with E-state index in [1.165, 1.54) is 12.1 Å². The molecule has 2 aromatic rings. The molecule has 100 valence electrons. The van der Waals surface area contributed by atoms with Gasteiger partial charge in [0.2, 0.25) is 5.91 Å². The van der Waals surface area contributed by atoms with Crippen molar-refractivity contribution in [2.24, 2.45) is 0 Å². The number of hydrogen-bond donors (Lipinski definition) is 0. The van der Waals surface area contributed by atoms with Crippen LogP contribution in [0.1, 0.15) is 21.6 Å². The molecule has 0 unspecified atom stereocenters. The molecule has 0 spiro atoms. The van der Waals surface area contributed by atoms with Gasteiger partial charge in [0.1, 0.15) is 5.82 Å². The highest BCUT2D eigenvalue weighted by Gasteiger charge is 2.32. The maximum atomic E-state index is 13.6. The van der Waals surface area contributed by atoms with Gasteiger partial charge in [-0.2, -0.15) is 0 Å². The molecule has 0 saturated heterocycles. The van der Waals surface area contributed by atoms with E-state index in [1.54, 1.807) is 30.5 Å². The molecule has 4 nitrogen and oxygen atoms in total. The molecule has 0 atom stereocenters. The van der Waals surface area contributed by atoms with E-state index in [4.69, 9.17) is 0 Å². The Kier molecular flexibility index (Phi) is 3.02. The zero-order valence-electron chi connectivity index (χ0n) is 10.5. The molecule has 1 aliphatic rings. The molecule has 20 heavy (non-hydrogen) atoms. The van der Waals surface area contributed by atoms with E-state index in [9.17, 15) is 14.0 Å². The summed E-state index contributed by atoms with van der Waals surface area (Å²) in [6.45, 7) is 0.106. The van der Waals surface area contributed by atoms with E-state index in [1.807, 2.05) is 0 Å². The SMILES string of the molecule is O=C1Cc2c(F)cccc2C(=O)N1Cc1ccccn1. The average Bonchev–Trinajstić information content (AvgIpc) is 2.46. The Labute approximate surface area is 114 Å². The first kappa shape index (κ1) is 12.5. The Morgan fingerprint density at radius 3 is 2.75 bits per heavy atom. The lowest BCUT2D eigenvalue weighted by Crippen LogP contribution is -2.42. The monoisotopic (exact) mass is 270 g/mol. The van der Waals surface area contributed by atoms with Gasteiger partial charge >= 0.3 is 0 Å². The zero-order chi connectivity index (χ0) is 14.1. The van der Waals surface area contributed by atoms with Crippen molar-refractivity contribution in [2.75, 3.05) is 0 Å². The van der Waals surface area contributed by atoms with Gasteiger partial charge in [-0.25, -0.2) is 4.39 Å². The summed E-state index contributed by atoms with van der Waals surface area (Å²) in [5, 5.41) is 0. The molecule has 0 aliphatic carbocycles. The van der Waals surface area contributed by atoms with Crippen molar-refractivity contribution in [1.82, 2.24) is 9.88 Å². The first-order valence-corrected chi connectivity index (χ1v) is 6.19. The quantitative estimate of drug-likeness (QED) is 0.784. The van der Waals surface area contributed by atoms with E-state index in [0.717, 1.165) is 4.90 Å². The van der Waals surface area contributed by atoms with Crippen LogP contribution < -0.4 is 0 Å². The first-order valence-electron chi connectivity index (χ1n) is 6.19. The van der Waals surface area contributed by atoms with Crippen LogP contribution in [0.25, 0.3) is 0 Å². The smallest absolute Gasteiger partial charge is 0.261 e. The summed E-state index contributed by atoms with van der Waals surface area (Å²) in [7, 11) is 0. The van der Waals surface area contributed by atoms with Crippen LogP contribution in [0.4, 0.5) is 4.39 Å². The standard InChI is InChI=1S/C15H11FN2O2/c16-13-6-3-5-11-12(13)8-14(19)18(15(11)20)9-10-4-1-2-7-17-10/h1-7H,8-9H2. The Bertz CT molecular complexity index is 686. The van der Waals surface area contributed by atoms with Crippen molar-refractivity contribution in [3.8, 4) is 0 Å². The normalized spacial score (nSPS) is 14.3. The Balaban J connectivity index is 1.95. The molecule has 1 aromatic carbocycles. The van der Waals surface area contributed by atoms with E-state index in [0.29, 0.717) is 5.69 Å². The van der Waals surface area contributed by atoms with Gasteiger partial charge in [-0.3, -0.25) is 19.5 Å². The number of amides is 2. The number of nitrogens with zero attached hydrogens (tertiary/aromatic N) is 2. The number of aromatic nitrogens is 1. The highest BCUT2D eigenvalue weighted by Crippen LogP contribution is 2.23. The Hall–Kier alpha value is -2.56. The third kappa shape index (κ3) is 2.07. The van der Waals surface area contributed by atoms with Crippen LogP contribution in [0, 0.1) is 5.82 Å². The predicted molar refractivity (Wildman–Crippen MR) is 69.2 cm³/mol. The molecule has 0 N–H and O–H groups in total. The van der Waals surface area contributed by atoms with Gasteiger partial charge in [-0.05, 0) is 24.3 Å². The molecule has 2 amide bonds. The van der Waals surface area contributed by atoms with Crippen molar-refractivity contribution in [3.05, 3.63) is 65.2 Å². The van der Waals surface area contributed by atoms with Crippen molar-refractivity contribution in [2.45, 2.75) is 13.0 Å². The lowest BCUT2D eigenvalue weighted by atomic mass is 9.97. The van der Waals surface area contributed by atoms with E-state index in [2.05, 4.69) is 4.98 Å². The fraction of sp³-hybridized carbons (Fsp3) is 0.133. The number of imide groups is 1. The van der Waals surface area contributed by atoms with Crippen LogP contribution >= 0.6 is 0 Å². The van der Waals surface area contributed by atoms with Gasteiger partial charge in [0.25, 0.3) is 5.91 Å². The zero-order valence-corrected chi connectivity index (χ0v) is 10.5. The molecule has 3 rings (SSSR count). The van der Waals surface area contributed by atoms with Gasteiger partial charge in [0.15, 0.2) is 0 Å². The molecule has 0 bridgehead atoms. The van der Waals surface area contributed by atoms with Crippen molar-refractivity contribution in [3.63, 3.8) is 0 Å². The third-order valence-electron chi connectivity index (χ3n) is 3.27. The number of carbonyl (C=O) groups is 2. The number of pyridine rings is 1. The predicted octanol–water partition coefficient (Wildman–Crippen LogP) is 1.95. The average molecular weight is 270 g/mol. The lowest BCUT2D eigenvalue weighted by Gasteiger charge is -2.26. The fourth-order valence-electron chi connectivity index (χ4n) is 2.26. The molecule has 5 heteroatoms. The van der Waals surface area contributed by atoms with Gasteiger partial charge in [0, 0.05) is 17.3 Å². The largest absolute Gasteiger partial charge is 0.274 e. The summed E-state index contributed by atoms with van der Waals surface area (Å²) in [5.74, 6) is -1.39. The van der Waals surface area contributed by atoms with Crippen molar-refractivity contribution < 1.29 is 14.0 Å². The fourth-order valence-corrected chi connectivity index (χ4v) is 2.26. The number of benzene rings is 1. The van der Waals surface area contributed by atoms with Gasteiger partial charge in [0.05, 0.1) is 18.7 Å². The number of hydrogen-bond acceptors (Lipinski definition) is 3. The Morgan fingerprint density at radius 1 is 1.15 bits per heavy atom. The molecule has 0 saturated carbocycles. The molecule has 1 aromatic heterocycles. The second kappa shape index (κ2) is 4.85. The second-order valence-electron chi connectivity index (χ2n) is 4.55. The van der Waals surface area contributed by atoms with Crippen molar-refractivity contribution >= 4 is 11.8 Å². The minimum atomic E-state index is -0.512. The summed E-state index contributed by atoms with van der Waals surface area (Å²) < 4.78 is 13.6. The van der Waals surface area contributed by atoms with Crippen LogP contribution in [0.3, 0.4) is 0 Å². The van der Waals surface area contributed by atoms with Crippen LogP contribution in [-0.4, -0.2) is 21.7 Å². The number of halogens is 1. The topological polar surface area (TPSA) is 50.3 Å². The number of carbonyl (C=O) groups excluding carboxylic acids is 2. The number of rotatable bonds is 2. The molecular weight excluding hydrogens is 259 g/mol. The summed E-state index contributed by atoms with van der Waals surface area (Å²) >= 11 is 0. The van der Waals surface area contributed by atoms with E-state index >= 15 is 0 Å². The van der Waals surface area contributed by atoms with Crippen LogP contribution in [0.15, 0.2) is 42.6 Å². The first-order chi connectivity index (χ1) is 9.66. The van der Waals surface area contributed by atoms with E-state index in [-0.39, 0.29) is 24.1 Å². The maximum Gasteiger partial charge on any atom is 0.261 e. The molecule has 0 radical (unpaired) electrons. The highest BCUT2D eigenvalue weighted by atomic mass is 19.1. The maximum absolute atomic E-state index is 13.6. The second-order valence-corrected chi connectivity index (χ2v) is 4.55. The van der Waals surface area contributed by atoms with Crippen LogP contribution in [0.5, 0.6) is 0 Å². The molecule has 1 aliphatic heterocycles. The summed E-state index contributed by atoms with van der Waals surface area (Å²) in [6, 6.07) is 9.55. The van der Waals surface area contributed by atoms with Gasteiger partial charge in [-0.15, -0.1) is 0 Å². The molecular formula is C15H11FN2O2. The molecule has 0 fully saturated rings. The van der Waals surface area contributed by atoms with Crippen molar-refractivity contribution in [1.29, 1.82) is 0 Å². The summed E-state index contributed by atoms with van der Waals surface area (Å²) in [6.07, 6.45) is 1.50. The summed E-state index contributed by atoms with van der Waals surface area (Å²) in [5.41, 5.74) is 1.05. The highest BCUT2D eigenvalue weighted by molar-refractivity contribution is 6.09. The summed E-state index contributed by atoms with van der Waals surface area (Å²) in [4.78, 5) is 29.5. The minimum Gasteiger partial charge on any atom is -0.274 e. The third-order valence-corrected chi connectivity index (χ3v) is 3.27.